The van der Waals surface area contributed by atoms with Crippen LogP contribution >= 0.6 is 0 Å². The third-order valence-electron chi connectivity index (χ3n) is 3.15. The fraction of sp³-hybridized carbons (Fsp3) is 0.828. The topological polar surface area (TPSA) is 266 Å². The van der Waals surface area contributed by atoms with Crippen LogP contribution in [0.15, 0.2) is 4.99 Å². The molecular weight excluding hydrogens is 581 g/mol. The summed E-state index contributed by atoms with van der Waals surface area (Å²) >= 11 is 0. The average molecular weight is 650 g/mol. The van der Waals surface area contributed by atoms with Gasteiger partial charge in [-0.05, 0) is 73.2 Å². The number of Topliss-reactive ketones (excluding diaryl/α,β-unsaturated/α-hetero) is 3. The molecule has 0 atom stereocenters. The first-order valence-electron chi connectivity index (χ1n) is 14.4. The Balaban J connectivity index is -0.0000000568. The summed E-state index contributed by atoms with van der Waals surface area (Å²) < 4.78 is 0. The Morgan fingerprint density at radius 2 is 1.05 bits per heavy atom. The number of nitrogens with zero attached hydrogens (tertiary/aromatic N) is 1. The van der Waals surface area contributed by atoms with E-state index in [-0.39, 0.29) is 81.2 Å². The first-order valence-corrected chi connectivity index (χ1v) is 14.4. The van der Waals surface area contributed by atoms with E-state index in [2.05, 4.69) is 10.3 Å². The normalized spacial score (nSPS) is 8.93. The van der Waals surface area contributed by atoms with Gasteiger partial charge in [0.25, 0.3) is 0 Å². The van der Waals surface area contributed by atoms with Crippen LogP contribution in [0.3, 0.4) is 0 Å². The Kier molecular flexibility index (Phi) is 81.8. The van der Waals surface area contributed by atoms with Crippen molar-refractivity contribution >= 4 is 29.5 Å². The van der Waals surface area contributed by atoms with Crippen molar-refractivity contribution in [3.8, 4) is 0 Å². The van der Waals surface area contributed by atoms with E-state index in [0.29, 0.717) is 58.5 Å². The summed E-state index contributed by atoms with van der Waals surface area (Å²) in [6.07, 6.45) is 5.99. The van der Waals surface area contributed by atoms with Crippen molar-refractivity contribution < 1.29 is 80.8 Å². The number of nitrogens with one attached hydrogen (secondary N) is 1. The molecule has 0 aromatic carbocycles. The maximum atomic E-state index is 10.4. The molecule has 43 heavy (non-hydrogen) atoms. The predicted octanol–water partition coefficient (Wildman–Crippen LogP) is -2.79. The molecule has 0 aliphatic rings. The van der Waals surface area contributed by atoms with E-state index in [9.17, 15) is 24.3 Å². The Morgan fingerprint density at radius 1 is 0.744 bits per heavy atom. The van der Waals surface area contributed by atoms with Gasteiger partial charge in [-0.3, -0.25) is 9.79 Å². The fourth-order valence-electron chi connectivity index (χ4n) is 1.51. The van der Waals surface area contributed by atoms with Crippen LogP contribution in [0.1, 0.15) is 101 Å². The van der Waals surface area contributed by atoms with Crippen molar-refractivity contribution in [2.75, 3.05) is 52.4 Å². The minimum atomic E-state index is -0.750. The number of aliphatic hydroxyl groups excluding tert-OH is 1. The molecule has 12 N–H and O–H groups in total. The third kappa shape index (κ3) is 189. The molecule has 0 aliphatic carbocycles. The van der Waals surface area contributed by atoms with Crippen LogP contribution in [-0.2, 0) is 19.2 Å². The van der Waals surface area contributed by atoms with Crippen LogP contribution in [-0.4, -0.2) is 92.6 Å². The Morgan fingerprint density at radius 3 is 1.19 bits per heavy atom. The van der Waals surface area contributed by atoms with Crippen LogP contribution < -0.4 is 90.5 Å². The molecule has 0 saturated carbocycles. The second-order valence-electron chi connectivity index (χ2n) is 9.44. The number of carbonyl (C=O) groups is 4. The van der Waals surface area contributed by atoms with Gasteiger partial charge in [-0.15, -0.1) is 5.60 Å². The number of ketones is 3. The second-order valence-corrected chi connectivity index (χ2v) is 9.44. The molecule has 0 aromatic rings. The van der Waals surface area contributed by atoms with E-state index >= 15 is 0 Å². The number of nitrogens with two attached hydrogens (primary N) is 5. The molecule has 0 aliphatic heterocycles. The van der Waals surface area contributed by atoms with Crippen LogP contribution in [0.4, 0.5) is 0 Å². The average Bonchev–Trinajstić information content (AvgIpc) is 2.88. The fourth-order valence-corrected chi connectivity index (χ4v) is 1.51. The van der Waals surface area contributed by atoms with Gasteiger partial charge < -0.3 is 58.6 Å². The van der Waals surface area contributed by atoms with E-state index in [4.69, 9.17) is 33.8 Å². The maximum Gasteiger partial charge on any atom is 1.00 e. The van der Waals surface area contributed by atoms with E-state index in [1.165, 1.54) is 6.92 Å². The van der Waals surface area contributed by atoms with Gasteiger partial charge in [-0.1, -0.05) is 20.8 Å². The van der Waals surface area contributed by atoms with Crippen LogP contribution in [0.5, 0.6) is 0 Å². The summed E-state index contributed by atoms with van der Waals surface area (Å²) in [5.41, 5.74) is 24.4. The molecule has 0 unspecified atom stereocenters. The molecule has 0 aromatic heterocycles. The number of hydrogen-bond donors (Lipinski definition) is 7. The first kappa shape index (κ1) is 61.5. The van der Waals surface area contributed by atoms with Crippen molar-refractivity contribution in [3.05, 3.63) is 0 Å². The molecule has 0 saturated heterocycles. The molecule has 0 fully saturated rings. The molecule has 13 nitrogen and oxygen atoms in total. The molecule has 1 amide bonds. The summed E-state index contributed by atoms with van der Waals surface area (Å²) in [4.78, 5) is 44.8. The largest absolute Gasteiger partial charge is 1.00 e. The van der Waals surface area contributed by atoms with Gasteiger partial charge in [0.2, 0.25) is 5.91 Å². The minimum absolute atomic E-state index is 0. The standard InChI is InChI=1S/C7H13NO2.2C5H11NO.C4H10N2.C4H9O.C2H8N2.C2H6O.K/c1-6(9)4-3-5-8-7(2)10;2*1-5(7)3-2-4-6;1-2-6-4-3-5;1-4(2,3)5;3-1-2-4;1-2-3;/h3-5H2,1-2H3,(H,8,10);2*2-4,6H2,1H3;2H,3-5H2,1H3;1-3H3;1-4H2;3H,2H2,1H3;/q;;;;-1;;;+1. The minimum Gasteiger partial charge on any atom is -0.850 e. The van der Waals surface area contributed by atoms with E-state index in [1.807, 2.05) is 6.92 Å². The van der Waals surface area contributed by atoms with E-state index in [1.54, 1.807) is 54.7 Å². The molecule has 0 rings (SSSR count). The Bertz CT molecular complexity index is 550. The van der Waals surface area contributed by atoms with Gasteiger partial charge in [0.05, 0.1) is 6.54 Å². The number of rotatable bonds is 13. The molecule has 0 spiro atoms. The van der Waals surface area contributed by atoms with Crippen molar-refractivity contribution in [2.45, 2.75) is 106 Å². The predicted molar refractivity (Wildman–Crippen MR) is 175 cm³/mol. The zero-order valence-electron chi connectivity index (χ0n) is 29.3. The van der Waals surface area contributed by atoms with Gasteiger partial charge in [0, 0.05) is 59.0 Å². The summed E-state index contributed by atoms with van der Waals surface area (Å²) in [5.74, 6) is 0.588. The van der Waals surface area contributed by atoms with E-state index in [0.717, 1.165) is 25.8 Å². The van der Waals surface area contributed by atoms with Gasteiger partial charge in [-0.2, -0.15) is 0 Å². The number of amides is 1. The van der Waals surface area contributed by atoms with Crippen LogP contribution in [0, 0.1) is 0 Å². The molecule has 0 heterocycles. The zero-order chi connectivity index (χ0) is 34.8. The Labute approximate surface area is 305 Å². The summed E-state index contributed by atoms with van der Waals surface area (Å²) in [7, 11) is 0. The summed E-state index contributed by atoms with van der Waals surface area (Å²) in [6, 6.07) is 0. The van der Waals surface area contributed by atoms with Gasteiger partial charge in [0.15, 0.2) is 0 Å². The quantitative estimate of drug-likeness (QED) is 0.0609. The smallest absolute Gasteiger partial charge is 0.850 e. The Hall–Kier alpha value is -0.494. The monoisotopic (exact) mass is 649 g/mol. The van der Waals surface area contributed by atoms with Crippen molar-refractivity contribution in [1.82, 2.24) is 5.32 Å². The van der Waals surface area contributed by atoms with Crippen molar-refractivity contribution in [2.24, 2.45) is 33.7 Å². The SMILES string of the molecule is CC(=O)CCCN.CC(=O)CCCN.CC(=O)CCCNC(C)=O.CC(C)(C)[O-].CC=NCCN.CCO.NCCN.[K+]. The number of aliphatic imine (C=N–C) groups is 1. The first-order chi connectivity index (χ1) is 19.4. The van der Waals surface area contributed by atoms with Gasteiger partial charge >= 0.3 is 51.4 Å². The maximum absolute atomic E-state index is 10.4. The molecule has 0 bridgehead atoms. The van der Waals surface area contributed by atoms with Crippen molar-refractivity contribution in [1.29, 1.82) is 0 Å². The third-order valence-corrected chi connectivity index (χ3v) is 3.15. The second kappa shape index (κ2) is 57.2. The van der Waals surface area contributed by atoms with Gasteiger partial charge in [0.1, 0.15) is 17.3 Å². The van der Waals surface area contributed by atoms with E-state index < -0.39 is 5.60 Å². The number of carbonyl (C=O) groups excluding carboxylic acids is 4. The van der Waals surface area contributed by atoms with Crippen molar-refractivity contribution in [3.63, 3.8) is 0 Å². The number of hydrogen-bond acceptors (Lipinski definition) is 12. The van der Waals surface area contributed by atoms with Gasteiger partial charge in [-0.25, -0.2) is 0 Å². The molecule has 14 heteroatoms. The number of aliphatic hydroxyl groups is 1. The zero-order valence-corrected chi connectivity index (χ0v) is 32.4. The van der Waals surface area contributed by atoms with Crippen LogP contribution in [0.2, 0.25) is 0 Å². The molecule has 0 radical (unpaired) electrons. The molecule has 256 valence electrons. The summed E-state index contributed by atoms with van der Waals surface area (Å²) in [5, 5.41) is 20.3. The van der Waals surface area contributed by atoms with Crippen LogP contribution in [0.25, 0.3) is 0 Å². The summed E-state index contributed by atoms with van der Waals surface area (Å²) in [6.45, 7) is 19.4. The molecular formula is C29H68KN7O6.